The first kappa shape index (κ1) is 13.6. The Balaban J connectivity index is 1.99. The standard InChI is InChI=1S/C15H20N2O2/c1-11-4-5-15(14(8-11)12(2)18)19-7-6-13-9-16-17(3)10-13/h4-5,8-10,12,18H,6-7H2,1-3H3/t12-/m0/s1. The van der Waals surface area contributed by atoms with E-state index in [1.165, 1.54) is 0 Å². The molecule has 19 heavy (non-hydrogen) atoms. The van der Waals surface area contributed by atoms with E-state index in [9.17, 15) is 5.11 Å². The normalized spacial score (nSPS) is 12.4. The second-order valence-electron chi connectivity index (χ2n) is 4.84. The van der Waals surface area contributed by atoms with Crippen molar-refractivity contribution in [2.75, 3.05) is 6.61 Å². The fourth-order valence-electron chi connectivity index (χ4n) is 2.01. The lowest BCUT2D eigenvalue weighted by atomic mass is 10.1. The van der Waals surface area contributed by atoms with Crippen LogP contribution in [0.3, 0.4) is 0 Å². The molecule has 2 aromatic rings. The molecule has 0 amide bonds. The van der Waals surface area contributed by atoms with Gasteiger partial charge >= 0.3 is 0 Å². The van der Waals surface area contributed by atoms with Gasteiger partial charge < -0.3 is 9.84 Å². The summed E-state index contributed by atoms with van der Waals surface area (Å²) in [4.78, 5) is 0. The molecule has 0 saturated heterocycles. The van der Waals surface area contributed by atoms with E-state index in [0.717, 1.165) is 28.9 Å². The predicted molar refractivity (Wildman–Crippen MR) is 74.2 cm³/mol. The largest absolute Gasteiger partial charge is 0.493 e. The van der Waals surface area contributed by atoms with Crippen LogP contribution < -0.4 is 4.74 Å². The zero-order chi connectivity index (χ0) is 13.8. The molecule has 0 unspecified atom stereocenters. The smallest absolute Gasteiger partial charge is 0.125 e. The fraction of sp³-hybridized carbons (Fsp3) is 0.400. The maximum absolute atomic E-state index is 9.76. The second-order valence-corrected chi connectivity index (χ2v) is 4.84. The van der Waals surface area contributed by atoms with Crippen LogP contribution in [0.15, 0.2) is 30.6 Å². The van der Waals surface area contributed by atoms with Crippen LogP contribution >= 0.6 is 0 Å². The number of rotatable bonds is 5. The Kier molecular flexibility index (Phi) is 4.22. The maximum Gasteiger partial charge on any atom is 0.125 e. The number of hydrogen-bond acceptors (Lipinski definition) is 3. The van der Waals surface area contributed by atoms with Crippen molar-refractivity contribution < 1.29 is 9.84 Å². The molecule has 0 aliphatic rings. The highest BCUT2D eigenvalue weighted by atomic mass is 16.5. The number of aryl methyl sites for hydroxylation is 2. The minimum atomic E-state index is -0.520. The van der Waals surface area contributed by atoms with E-state index >= 15 is 0 Å². The van der Waals surface area contributed by atoms with Crippen molar-refractivity contribution >= 4 is 0 Å². The summed E-state index contributed by atoms with van der Waals surface area (Å²) >= 11 is 0. The number of benzene rings is 1. The summed E-state index contributed by atoms with van der Waals surface area (Å²) in [6, 6.07) is 5.87. The lowest BCUT2D eigenvalue weighted by Gasteiger charge is -2.14. The molecule has 0 spiro atoms. The van der Waals surface area contributed by atoms with Gasteiger partial charge in [-0.25, -0.2) is 0 Å². The molecule has 0 aliphatic carbocycles. The topological polar surface area (TPSA) is 47.3 Å². The molecule has 4 nitrogen and oxygen atoms in total. The minimum absolute atomic E-state index is 0.520. The summed E-state index contributed by atoms with van der Waals surface area (Å²) in [6.45, 7) is 4.34. The zero-order valence-electron chi connectivity index (χ0n) is 11.6. The van der Waals surface area contributed by atoms with Gasteiger partial charge in [-0.2, -0.15) is 5.10 Å². The number of ether oxygens (including phenoxy) is 1. The van der Waals surface area contributed by atoms with Gasteiger partial charge in [0.15, 0.2) is 0 Å². The van der Waals surface area contributed by atoms with Crippen molar-refractivity contribution in [3.05, 3.63) is 47.3 Å². The molecule has 0 radical (unpaired) electrons. The minimum Gasteiger partial charge on any atom is -0.493 e. The molecule has 0 fully saturated rings. The highest BCUT2D eigenvalue weighted by molar-refractivity contribution is 5.38. The Labute approximate surface area is 113 Å². The predicted octanol–water partition coefficient (Wildman–Crippen LogP) is 2.40. The summed E-state index contributed by atoms with van der Waals surface area (Å²) in [7, 11) is 1.90. The average molecular weight is 260 g/mol. The van der Waals surface area contributed by atoms with Crippen molar-refractivity contribution in [1.29, 1.82) is 0 Å². The van der Waals surface area contributed by atoms with Crippen LogP contribution in [0.25, 0.3) is 0 Å². The molecular formula is C15H20N2O2. The third-order valence-corrected chi connectivity index (χ3v) is 3.02. The van der Waals surface area contributed by atoms with E-state index in [0.29, 0.717) is 6.61 Å². The monoisotopic (exact) mass is 260 g/mol. The Hall–Kier alpha value is -1.81. The Morgan fingerprint density at radius 2 is 2.21 bits per heavy atom. The van der Waals surface area contributed by atoms with Crippen molar-refractivity contribution in [1.82, 2.24) is 9.78 Å². The van der Waals surface area contributed by atoms with E-state index in [-0.39, 0.29) is 0 Å². The van der Waals surface area contributed by atoms with Crippen LogP contribution in [0.4, 0.5) is 0 Å². The van der Waals surface area contributed by atoms with Gasteiger partial charge in [-0.15, -0.1) is 0 Å². The number of aliphatic hydroxyl groups excluding tert-OH is 1. The van der Waals surface area contributed by atoms with E-state index < -0.39 is 6.10 Å². The molecule has 102 valence electrons. The molecule has 0 bridgehead atoms. The first-order chi connectivity index (χ1) is 9.06. The SMILES string of the molecule is Cc1ccc(OCCc2cnn(C)c2)c([C@H](C)O)c1. The number of aromatic nitrogens is 2. The van der Waals surface area contributed by atoms with E-state index in [4.69, 9.17) is 4.74 Å². The van der Waals surface area contributed by atoms with Gasteiger partial charge in [0.1, 0.15) is 5.75 Å². The average Bonchev–Trinajstić information content (AvgIpc) is 2.77. The second kappa shape index (κ2) is 5.89. The summed E-state index contributed by atoms with van der Waals surface area (Å²) in [6.07, 6.45) is 4.11. The summed E-state index contributed by atoms with van der Waals surface area (Å²) in [5.41, 5.74) is 3.11. The Morgan fingerprint density at radius 1 is 1.42 bits per heavy atom. The van der Waals surface area contributed by atoms with Crippen LogP contribution in [0.5, 0.6) is 5.75 Å². The van der Waals surface area contributed by atoms with Gasteiger partial charge in [0, 0.05) is 25.2 Å². The van der Waals surface area contributed by atoms with Crippen LogP contribution in [0.2, 0.25) is 0 Å². The lowest BCUT2D eigenvalue weighted by molar-refractivity contribution is 0.191. The lowest BCUT2D eigenvalue weighted by Crippen LogP contribution is -2.04. The van der Waals surface area contributed by atoms with Gasteiger partial charge in [0.05, 0.1) is 18.9 Å². The highest BCUT2D eigenvalue weighted by Crippen LogP contribution is 2.26. The maximum atomic E-state index is 9.76. The van der Waals surface area contributed by atoms with E-state index in [1.807, 2.05) is 44.6 Å². The van der Waals surface area contributed by atoms with E-state index in [1.54, 1.807) is 11.6 Å². The number of aliphatic hydroxyl groups is 1. The molecule has 1 N–H and O–H groups in total. The summed E-state index contributed by atoms with van der Waals surface area (Å²) < 4.78 is 7.55. The van der Waals surface area contributed by atoms with Gasteiger partial charge in [-0.1, -0.05) is 11.6 Å². The third kappa shape index (κ3) is 3.58. The van der Waals surface area contributed by atoms with Crippen LogP contribution in [-0.2, 0) is 13.5 Å². The fourth-order valence-corrected chi connectivity index (χ4v) is 2.01. The number of nitrogens with zero attached hydrogens (tertiary/aromatic N) is 2. The van der Waals surface area contributed by atoms with Gasteiger partial charge in [0.2, 0.25) is 0 Å². The number of hydrogen-bond donors (Lipinski definition) is 1. The highest BCUT2D eigenvalue weighted by Gasteiger charge is 2.09. The van der Waals surface area contributed by atoms with Crippen LogP contribution in [0.1, 0.15) is 29.7 Å². The first-order valence-electron chi connectivity index (χ1n) is 6.45. The van der Waals surface area contributed by atoms with Gasteiger partial charge in [-0.3, -0.25) is 4.68 Å². The summed E-state index contributed by atoms with van der Waals surface area (Å²) in [5, 5.41) is 13.9. The molecule has 1 aromatic carbocycles. The van der Waals surface area contributed by atoms with Gasteiger partial charge in [-0.05, 0) is 31.5 Å². The summed E-state index contributed by atoms with van der Waals surface area (Å²) in [5.74, 6) is 0.754. The Morgan fingerprint density at radius 3 is 2.84 bits per heavy atom. The molecule has 1 atom stereocenters. The van der Waals surface area contributed by atoms with Crippen molar-refractivity contribution in [2.24, 2.45) is 7.05 Å². The van der Waals surface area contributed by atoms with Crippen LogP contribution in [0, 0.1) is 6.92 Å². The van der Waals surface area contributed by atoms with Gasteiger partial charge in [0.25, 0.3) is 0 Å². The van der Waals surface area contributed by atoms with Crippen molar-refractivity contribution in [3.8, 4) is 5.75 Å². The molecule has 4 heteroatoms. The van der Waals surface area contributed by atoms with Crippen molar-refractivity contribution in [3.63, 3.8) is 0 Å². The third-order valence-electron chi connectivity index (χ3n) is 3.02. The molecule has 0 saturated carbocycles. The molecule has 1 aromatic heterocycles. The quantitative estimate of drug-likeness (QED) is 0.898. The first-order valence-corrected chi connectivity index (χ1v) is 6.45. The molecule has 1 heterocycles. The zero-order valence-corrected chi connectivity index (χ0v) is 11.6. The van der Waals surface area contributed by atoms with Crippen LogP contribution in [-0.4, -0.2) is 21.5 Å². The van der Waals surface area contributed by atoms with Crippen molar-refractivity contribution in [2.45, 2.75) is 26.4 Å². The molecule has 2 rings (SSSR count). The molecular weight excluding hydrogens is 240 g/mol. The van der Waals surface area contributed by atoms with E-state index in [2.05, 4.69) is 5.10 Å². The Bertz CT molecular complexity index is 547. The molecule has 0 aliphatic heterocycles.